The molecule has 0 atom stereocenters. The highest BCUT2D eigenvalue weighted by Crippen LogP contribution is 2.23. The van der Waals surface area contributed by atoms with E-state index < -0.39 is 0 Å². The Morgan fingerprint density at radius 2 is 1.96 bits per heavy atom. The van der Waals surface area contributed by atoms with Crippen molar-refractivity contribution in [1.29, 1.82) is 0 Å². The van der Waals surface area contributed by atoms with E-state index in [1.807, 2.05) is 43.3 Å². The molecule has 0 radical (unpaired) electrons. The summed E-state index contributed by atoms with van der Waals surface area (Å²) in [5.41, 5.74) is 3.97. The molecule has 0 unspecified atom stereocenters. The first-order valence-electron chi connectivity index (χ1n) is 7.24. The number of hydrogen-bond donors (Lipinski definition) is 2. The number of carbonyl (C=O) groups is 1. The van der Waals surface area contributed by atoms with Crippen LogP contribution in [-0.4, -0.2) is 23.2 Å². The molecule has 5 nitrogen and oxygen atoms in total. The predicted octanol–water partition coefficient (Wildman–Crippen LogP) is 3.65. The number of ether oxygens (including phenoxy) is 1. The minimum atomic E-state index is -0.210. The molecule has 2 aromatic carbocycles. The lowest BCUT2D eigenvalue weighted by atomic mass is 10.1. The summed E-state index contributed by atoms with van der Waals surface area (Å²) >= 11 is 0. The molecule has 0 aliphatic carbocycles. The minimum Gasteiger partial charge on any atom is -0.496 e. The predicted molar refractivity (Wildman–Crippen MR) is 89.7 cm³/mol. The molecule has 23 heavy (non-hydrogen) atoms. The summed E-state index contributed by atoms with van der Waals surface area (Å²) in [6.45, 7) is 1.95. The van der Waals surface area contributed by atoms with Crippen molar-refractivity contribution in [2.45, 2.75) is 6.92 Å². The number of H-pyrrole nitrogens is 1. The normalized spacial score (nSPS) is 10.3. The number of benzene rings is 2. The number of aromatic nitrogens is 2. The summed E-state index contributed by atoms with van der Waals surface area (Å²) in [5, 5.41) is 10.0. The third-order valence-electron chi connectivity index (χ3n) is 3.47. The van der Waals surface area contributed by atoms with E-state index in [9.17, 15) is 4.79 Å². The number of methoxy groups -OCH3 is 1. The molecular weight excluding hydrogens is 290 g/mol. The standard InChI is InChI=1S/C18H17N3O2/c1-12-10-16(21-20-12)13-6-5-7-14(11-13)19-18(22)15-8-3-4-9-17(15)23-2/h3-11H,1-2H3,(H,19,22)(H,20,21). The van der Waals surface area contributed by atoms with Gasteiger partial charge < -0.3 is 10.1 Å². The molecule has 1 aromatic heterocycles. The highest BCUT2D eigenvalue weighted by Gasteiger charge is 2.12. The van der Waals surface area contributed by atoms with Gasteiger partial charge in [-0.1, -0.05) is 24.3 Å². The summed E-state index contributed by atoms with van der Waals surface area (Å²) in [4.78, 5) is 12.4. The first-order valence-corrected chi connectivity index (χ1v) is 7.24. The number of aromatic amines is 1. The van der Waals surface area contributed by atoms with Crippen molar-refractivity contribution >= 4 is 11.6 Å². The number of nitrogens with one attached hydrogen (secondary N) is 2. The fourth-order valence-electron chi connectivity index (χ4n) is 2.35. The van der Waals surface area contributed by atoms with Crippen LogP contribution in [0.25, 0.3) is 11.3 Å². The lowest BCUT2D eigenvalue weighted by molar-refractivity contribution is 0.102. The summed E-state index contributed by atoms with van der Waals surface area (Å²) in [6, 6.07) is 16.7. The van der Waals surface area contributed by atoms with E-state index in [2.05, 4.69) is 15.5 Å². The van der Waals surface area contributed by atoms with E-state index in [4.69, 9.17) is 4.74 Å². The van der Waals surface area contributed by atoms with Gasteiger partial charge in [0.05, 0.1) is 18.4 Å². The monoisotopic (exact) mass is 307 g/mol. The van der Waals surface area contributed by atoms with Gasteiger partial charge >= 0.3 is 0 Å². The summed E-state index contributed by atoms with van der Waals surface area (Å²) in [7, 11) is 1.55. The van der Waals surface area contributed by atoms with Crippen molar-refractivity contribution in [3.8, 4) is 17.0 Å². The van der Waals surface area contributed by atoms with Gasteiger partial charge in [-0.25, -0.2) is 0 Å². The Kier molecular flexibility index (Phi) is 4.10. The van der Waals surface area contributed by atoms with Gasteiger partial charge in [-0.15, -0.1) is 0 Å². The summed E-state index contributed by atoms with van der Waals surface area (Å²) in [6.07, 6.45) is 0. The fraction of sp³-hybridized carbons (Fsp3) is 0.111. The van der Waals surface area contributed by atoms with Crippen LogP contribution in [0.1, 0.15) is 16.1 Å². The highest BCUT2D eigenvalue weighted by molar-refractivity contribution is 6.06. The maximum absolute atomic E-state index is 12.4. The van der Waals surface area contributed by atoms with E-state index in [1.165, 1.54) is 0 Å². The zero-order valence-corrected chi connectivity index (χ0v) is 13.0. The molecule has 1 amide bonds. The Morgan fingerprint density at radius 3 is 2.70 bits per heavy atom. The molecule has 116 valence electrons. The first-order chi connectivity index (χ1) is 11.2. The van der Waals surface area contributed by atoms with Crippen molar-refractivity contribution in [1.82, 2.24) is 10.2 Å². The molecule has 0 saturated carbocycles. The minimum absolute atomic E-state index is 0.210. The van der Waals surface area contributed by atoms with E-state index in [1.54, 1.807) is 25.3 Å². The third kappa shape index (κ3) is 3.23. The smallest absolute Gasteiger partial charge is 0.259 e. The van der Waals surface area contributed by atoms with Crippen molar-refractivity contribution in [2.75, 3.05) is 12.4 Å². The Hall–Kier alpha value is -3.08. The molecule has 2 N–H and O–H groups in total. The Bertz CT molecular complexity index is 840. The lowest BCUT2D eigenvalue weighted by Gasteiger charge is -2.09. The molecule has 0 aliphatic heterocycles. The maximum Gasteiger partial charge on any atom is 0.259 e. The van der Waals surface area contributed by atoms with Crippen molar-refractivity contribution in [2.24, 2.45) is 0 Å². The van der Waals surface area contributed by atoms with Crippen LogP contribution in [0.5, 0.6) is 5.75 Å². The van der Waals surface area contributed by atoms with Gasteiger partial charge in [0.2, 0.25) is 0 Å². The van der Waals surface area contributed by atoms with E-state index in [-0.39, 0.29) is 5.91 Å². The number of nitrogens with zero attached hydrogens (tertiary/aromatic N) is 1. The van der Waals surface area contributed by atoms with Gasteiger partial charge in [0.25, 0.3) is 5.91 Å². The van der Waals surface area contributed by atoms with Crippen LogP contribution in [-0.2, 0) is 0 Å². The van der Waals surface area contributed by atoms with Crippen LogP contribution in [0.4, 0.5) is 5.69 Å². The zero-order chi connectivity index (χ0) is 16.2. The van der Waals surface area contributed by atoms with Crippen LogP contribution < -0.4 is 10.1 Å². The Balaban J connectivity index is 1.84. The van der Waals surface area contributed by atoms with Gasteiger partial charge in [0.1, 0.15) is 5.75 Å². The number of carbonyl (C=O) groups excluding carboxylic acids is 1. The van der Waals surface area contributed by atoms with Crippen LogP contribution in [0.15, 0.2) is 54.6 Å². The first kappa shape index (κ1) is 14.8. The van der Waals surface area contributed by atoms with Crippen molar-refractivity contribution < 1.29 is 9.53 Å². The van der Waals surface area contributed by atoms with E-state index in [0.29, 0.717) is 17.0 Å². The zero-order valence-electron chi connectivity index (χ0n) is 13.0. The van der Waals surface area contributed by atoms with Crippen LogP contribution in [0.2, 0.25) is 0 Å². The van der Waals surface area contributed by atoms with Crippen LogP contribution in [0.3, 0.4) is 0 Å². The van der Waals surface area contributed by atoms with Gasteiger partial charge in [0, 0.05) is 16.9 Å². The van der Waals surface area contributed by atoms with Gasteiger partial charge in [-0.3, -0.25) is 9.89 Å². The Morgan fingerprint density at radius 1 is 1.13 bits per heavy atom. The van der Waals surface area contributed by atoms with Crippen LogP contribution in [0, 0.1) is 6.92 Å². The van der Waals surface area contributed by atoms with Crippen molar-refractivity contribution in [3.05, 3.63) is 65.9 Å². The van der Waals surface area contributed by atoms with Gasteiger partial charge in [-0.2, -0.15) is 5.10 Å². The number of anilines is 1. The molecule has 3 aromatic rings. The Labute approximate surface area is 134 Å². The quantitative estimate of drug-likeness (QED) is 0.773. The molecule has 3 rings (SSSR count). The number of para-hydroxylation sites is 1. The molecule has 0 aliphatic rings. The number of rotatable bonds is 4. The second-order valence-electron chi connectivity index (χ2n) is 5.17. The molecular formula is C18H17N3O2. The van der Waals surface area contributed by atoms with E-state index >= 15 is 0 Å². The molecule has 0 spiro atoms. The largest absolute Gasteiger partial charge is 0.496 e. The second-order valence-corrected chi connectivity index (χ2v) is 5.17. The topological polar surface area (TPSA) is 67.0 Å². The number of amides is 1. The molecule has 0 saturated heterocycles. The van der Waals surface area contributed by atoms with Gasteiger partial charge in [-0.05, 0) is 37.3 Å². The maximum atomic E-state index is 12.4. The molecule has 0 bridgehead atoms. The van der Waals surface area contributed by atoms with Crippen molar-refractivity contribution in [3.63, 3.8) is 0 Å². The molecule has 1 heterocycles. The molecule has 0 fully saturated rings. The lowest BCUT2D eigenvalue weighted by Crippen LogP contribution is -2.13. The van der Waals surface area contributed by atoms with Gasteiger partial charge in [0.15, 0.2) is 0 Å². The summed E-state index contributed by atoms with van der Waals surface area (Å²) in [5.74, 6) is 0.335. The SMILES string of the molecule is COc1ccccc1C(=O)Nc1cccc(-c2cc(C)[nH]n2)c1. The third-order valence-corrected chi connectivity index (χ3v) is 3.47. The second kappa shape index (κ2) is 6.36. The number of hydrogen-bond acceptors (Lipinski definition) is 3. The molecule has 5 heteroatoms. The van der Waals surface area contributed by atoms with E-state index in [0.717, 1.165) is 17.0 Å². The average Bonchev–Trinajstić information content (AvgIpc) is 3.01. The summed E-state index contributed by atoms with van der Waals surface area (Å²) < 4.78 is 5.23. The van der Waals surface area contributed by atoms with Crippen LogP contribution >= 0.6 is 0 Å². The average molecular weight is 307 g/mol. The fourth-order valence-corrected chi connectivity index (χ4v) is 2.35. The highest BCUT2D eigenvalue weighted by atomic mass is 16.5. The number of aryl methyl sites for hydroxylation is 1.